The molecule has 0 unspecified atom stereocenters. The first-order valence-electron chi connectivity index (χ1n) is 9.43. The van der Waals surface area contributed by atoms with E-state index < -0.39 is 0 Å². The van der Waals surface area contributed by atoms with Gasteiger partial charge in [-0.05, 0) is 42.0 Å². The minimum atomic E-state index is -0.191. The van der Waals surface area contributed by atoms with Crippen LogP contribution in [0.2, 0.25) is 0 Å². The smallest absolute Gasteiger partial charge is 0.253 e. The van der Waals surface area contributed by atoms with Gasteiger partial charge in [0.15, 0.2) is 10.8 Å². The normalized spacial score (nSPS) is 10.7. The fourth-order valence-electron chi connectivity index (χ4n) is 2.84. The molecule has 2 aromatic carbocycles. The van der Waals surface area contributed by atoms with Crippen molar-refractivity contribution in [3.63, 3.8) is 0 Å². The number of halogens is 1. The quantitative estimate of drug-likeness (QED) is 0.376. The third-order valence-electron chi connectivity index (χ3n) is 4.39. The van der Waals surface area contributed by atoms with Gasteiger partial charge >= 0.3 is 0 Å². The lowest BCUT2D eigenvalue weighted by Crippen LogP contribution is -2.23. The number of rotatable bonds is 7. The molecule has 2 N–H and O–H groups in total. The maximum atomic E-state index is 12.5. The summed E-state index contributed by atoms with van der Waals surface area (Å²) in [5.41, 5.74) is 2.84. The van der Waals surface area contributed by atoms with Crippen LogP contribution in [0, 0.1) is 0 Å². The Balaban J connectivity index is 1.40. The van der Waals surface area contributed by atoms with E-state index in [0.29, 0.717) is 22.9 Å². The molecular formula is C22H18BrN5O2S. The monoisotopic (exact) mass is 495 g/mol. The standard InChI is InChI=1S/C22H18BrN5O2S/c23-17-7-9-18(10-8-17)25-20(29)14-31-22-27-26-19-11-6-16(13-28(19)22)21(30)24-12-15-4-2-1-3-5-15/h1-11,13H,12,14H2,(H,24,30)(H,25,29). The number of carbonyl (C=O) groups excluding carboxylic acids is 2. The Kier molecular flexibility index (Phi) is 6.63. The average Bonchev–Trinajstić information content (AvgIpc) is 3.20. The van der Waals surface area contributed by atoms with Crippen molar-refractivity contribution in [1.82, 2.24) is 19.9 Å². The zero-order valence-electron chi connectivity index (χ0n) is 16.3. The second-order valence-electron chi connectivity index (χ2n) is 6.64. The summed E-state index contributed by atoms with van der Waals surface area (Å²) in [6, 6.07) is 20.5. The summed E-state index contributed by atoms with van der Waals surface area (Å²) in [6.07, 6.45) is 1.69. The van der Waals surface area contributed by atoms with Gasteiger partial charge in [-0.3, -0.25) is 14.0 Å². The summed E-state index contributed by atoms with van der Waals surface area (Å²) in [6.45, 7) is 0.442. The fraction of sp³-hybridized carbons (Fsp3) is 0.0909. The molecule has 0 atom stereocenters. The molecule has 31 heavy (non-hydrogen) atoms. The number of fused-ring (bicyclic) bond motifs is 1. The van der Waals surface area contributed by atoms with Gasteiger partial charge in [0.1, 0.15) is 0 Å². The third-order valence-corrected chi connectivity index (χ3v) is 5.86. The molecule has 2 amide bonds. The second kappa shape index (κ2) is 9.76. The van der Waals surface area contributed by atoms with Crippen LogP contribution in [-0.2, 0) is 11.3 Å². The van der Waals surface area contributed by atoms with Crippen molar-refractivity contribution in [2.45, 2.75) is 11.7 Å². The fourth-order valence-corrected chi connectivity index (χ4v) is 3.82. The number of hydrogen-bond acceptors (Lipinski definition) is 5. The van der Waals surface area contributed by atoms with E-state index in [9.17, 15) is 9.59 Å². The van der Waals surface area contributed by atoms with Gasteiger partial charge in [-0.15, -0.1) is 10.2 Å². The van der Waals surface area contributed by atoms with E-state index in [1.165, 1.54) is 11.8 Å². The number of nitrogens with one attached hydrogen (secondary N) is 2. The molecule has 0 radical (unpaired) electrons. The number of carbonyl (C=O) groups is 2. The van der Waals surface area contributed by atoms with E-state index in [1.54, 1.807) is 22.7 Å². The molecule has 7 nitrogen and oxygen atoms in total. The topological polar surface area (TPSA) is 88.4 Å². The van der Waals surface area contributed by atoms with Gasteiger partial charge < -0.3 is 10.6 Å². The van der Waals surface area contributed by atoms with Crippen molar-refractivity contribution >= 4 is 50.8 Å². The van der Waals surface area contributed by atoms with Gasteiger partial charge in [0.25, 0.3) is 5.91 Å². The molecule has 156 valence electrons. The Morgan fingerprint density at radius 3 is 2.52 bits per heavy atom. The summed E-state index contributed by atoms with van der Waals surface area (Å²) in [7, 11) is 0. The summed E-state index contributed by atoms with van der Waals surface area (Å²) >= 11 is 4.62. The Morgan fingerprint density at radius 1 is 0.968 bits per heavy atom. The van der Waals surface area contributed by atoms with Crippen LogP contribution in [0.3, 0.4) is 0 Å². The van der Waals surface area contributed by atoms with Gasteiger partial charge in [-0.1, -0.05) is 58.0 Å². The van der Waals surface area contributed by atoms with Crippen LogP contribution in [0.15, 0.2) is 82.6 Å². The van der Waals surface area contributed by atoms with E-state index in [4.69, 9.17) is 0 Å². The SMILES string of the molecule is O=C(CSc1nnc2ccc(C(=O)NCc3ccccc3)cn12)Nc1ccc(Br)cc1. The van der Waals surface area contributed by atoms with Crippen LogP contribution >= 0.6 is 27.7 Å². The molecule has 9 heteroatoms. The summed E-state index contributed by atoms with van der Waals surface area (Å²) in [5, 5.41) is 14.5. The molecule has 0 saturated carbocycles. The molecular weight excluding hydrogens is 478 g/mol. The summed E-state index contributed by atoms with van der Waals surface area (Å²) in [5.74, 6) is -0.175. The molecule has 0 spiro atoms. The maximum Gasteiger partial charge on any atom is 0.253 e. The number of anilines is 1. The van der Waals surface area contributed by atoms with E-state index >= 15 is 0 Å². The zero-order chi connectivity index (χ0) is 21.6. The van der Waals surface area contributed by atoms with Crippen LogP contribution in [-0.4, -0.2) is 32.2 Å². The highest BCUT2D eigenvalue weighted by molar-refractivity contribution is 9.10. The van der Waals surface area contributed by atoms with Gasteiger partial charge in [-0.25, -0.2) is 0 Å². The molecule has 0 aliphatic carbocycles. The average molecular weight is 496 g/mol. The first-order valence-corrected chi connectivity index (χ1v) is 11.2. The van der Waals surface area contributed by atoms with Crippen molar-refractivity contribution in [1.29, 1.82) is 0 Å². The van der Waals surface area contributed by atoms with Crippen LogP contribution in [0.4, 0.5) is 5.69 Å². The maximum absolute atomic E-state index is 12.5. The van der Waals surface area contributed by atoms with Crippen molar-refractivity contribution in [2.75, 3.05) is 11.1 Å². The van der Waals surface area contributed by atoms with E-state index in [0.717, 1.165) is 15.7 Å². The molecule has 4 aromatic rings. The van der Waals surface area contributed by atoms with Crippen LogP contribution in [0.1, 0.15) is 15.9 Å². The van der Waals surface area contributed by atoms with Crippen LogP contribution in [0.25, 0.3) is 5.65 Å². The lowest BCUT2D eigenvalue weighted by atomic mass is 10.2. The highest BCUT2D eigenvalue weighted by atomic mass is 79.9. The summed E-state index contributed by atoms with van der Waals surface area (Å²) in [4.78, 5) is 24.8. The minimum Gasteiger partial charge on any atom is -0.348 e. The number of aromatic nitrogens is 3. The molecule has 2 aromatic heterocycles. The van der Waals surface area contributed by atoms with Gasteiger partial charge in [0, 0.05) is 22.9 Å². The van der Waals surface area contributed by atoms with Crippen molar-refractivity contribution in [3.8, 4) is 0 Å². The van der Waals surface area contributed by atoms with Crippen LogP contribution < -0.4 is 10.6 Å². The molecule has 2 heterocycles. The number of pyridine rings is 1. The number of hydrogen-bond donors (Lipinski definition) is 2. The zero-order valence-corrected chi connectivity index (χ0v) is 18.7. The Morgan fingerprint density at radius 2 is 1.74 bits per heavy atom. The molecule has 0 fully saturated rings. The number of benzene rings is 2. The Hall–Kier alpha value is -3.17. The third kappa shape index (κ3) is 5.50. The molecule has 0 aliphatic rings. The predicted octanol–water partition coefficient (Wildman–Crippen LogP) is 4.15. The highest BCUT2D eigenvalue weighted by Gasteiger charge is 2.13. The number of nitrogens with zero attached hydrogens (tertiary/aromatic N) is 3. The van der Waals surface area contributed by atoms with Gasteiger partial charge in [0.2, 0.25) is 5.91 Å². The number of amides is 2. The highest BCUT2D eigenvalue weighted by Crippen LogP contribution is 2.19. The number of thioether (sulfide) groups is 1. The van der Waals surface area contributed by atoms with Gasteiger partial charge in [-0.2, -0.15) is 0 Å². The van der Waals surface area contributed by atoms with E-state index in [-0.39, 0.29) is 17.6 Å². The van der Waals surface area contributed by atoms with Gasteiger partial charge in [0.05, 0.1) is 11.3 Å². The first-order chi connectivity index (χ1) is 15.1. The Bertz CT molecular complexity index is 1210. The predicted molar refractivity (Wildman–Crippen MR) is 124 cm³/mol. The molecule has 4 rings (SSSR count). The lowest BCUT2D eigenvalue weighted by Gasteiger charge is -2.07. The molecule has 0 aliphatic heterocycles. The van der Waals surface area contributed by atoms with Crippen molar-refractivity contribution in [3.05, 3.63) is 88.5 Å². The van der Waals surface area contributed by atoms with E-state index in [1.807, 2.05) is 54.6 Å². The Labute approximate surface area is 191 Å². The molecule has 0 bridgehead atoms. The lowest BCUT2D eigenvalue weighted by molar-refractivity contribution is -0.113. The summed E-state index contributed by atoms with van der Waals surface area (Å²) < 4.78 is 2.66. The first kappa shape index (κ1) is 21.1. The van der Waals surface area contributed by atoms with E-state index in [2.05, 4.69) is 36.8 Å². The van der Waals surface area contributed by atoms with Crippen LogP contribution in [0.5, 0.6) is 0 Å². The second-order valence-corrected chi connectivity index (χ2v) is 8.50. The largest absolute Gasteiger partial charge is 0.348 e. The minimum absolute atomic E-state index is 0.152. The van der Waals surface area contributed by atoms with Crippen molar-refractivity contribution in [2.24, 2.45) is 0 Å². The molecule has 0 saturated heterocycles. The van der Waals surface area contributed by atoms with Crippen molar-refractivity contribution < 1.29 is 9.59 Å².